The molecule has 0 atom stereocenters. The van der Waals surface area contributed by atoms with Crippen molar-refractivity contribution in [1.82, 2.24) is 4.98 Å². The minimum atomic E-state index is -1.74. The molecule has 0 radical (unpaired) electrons. The third-order valence-electron chi connectivity index (χ3n) is 3.33. The van der Waals surface area contributed by atoms with Gasteiger partial charge in [-0.15, -0.1) is 0 Å². The first-order valence-electron chi connectivity index (χ1n) is 5.75. The Labute approximate surface area is 105 Å². The van der Waals surface area contributed by atoms with Gasteiger partial charge in [0.05, 0.1) is 23.9 Å². The van der Waals surface area contributed by atoms with Crippen LogP contribution in [0.3, 0.4) is 0 Å². The highest BCUT2D eigenvalue weighted by atomic mass is 28.4. The maximum atomic E-state index is 8.81. The summed E-state index contributed by atoms with van der Waals surface area (Å²) in [6, 6.07) is 5.60. The molecule has 0 aliphatic carbocycles. The van der Waals surface area contributed by atoms with Gasteiger partial charge in [0.1, 0.15) is 0 Å². The van der Waals surface area contributed by atoms with E-state index < -0.39 is 8.32 Å². The van der Waals surface area contributed by atoms with Crippen LogP contribution in [0.1, 0.15) is 32.0 Å². The number of hydrogen-bond donors (Lipinski definition) is 0. The first-order chi connectivity index (χ1) is 7.76. The molecule has 1 aromatic heterocycles. The summed E-state index contributed by atoms with van der Waals surface area (Å²) in [5.41, 5.74) is 1.46. The fraction of sp³-hybridized carbons (Fsp3) is 0.538. The Morgan fingerprint density at radius 1 is 1.41 bits per heavy atom. The van der Waals surface area contributed by atoms with E-state index in [9.17, 15) is 0 Å². The van der Waals surface area contributed by atoms with E-state index in [4.69, 9.17) is 9.69 Å². The average Bonchev–Trinajstić information content (AvgIpc) is 2.25. The summed E-state index contributed by atoms with van der Waals surface area (Å²) in [5.74, 6) is 0. The molecule has 0 fully saturated rings. The van der Waals surface area contributed by atoms with Crippen LogP contribution in [-0.4, -0.2) is 13.3 Å². The molecule has 0 aromatic carbocycles. The zero-order valence-electron chi connectivity index (χ0n) is 11.2. The lowest BCUT2D eigenvalue weighted by Crippen LogP contribution is -2.40. The number of pyridine rings is 1. The minimum absolute atomic E-state index is 0.194. The number of rotatable bonds is 3. The Morgan fingerprint density at radius 2 is 2.06 bits per heavy atom. The molecule has 0 aliphatic heterocycles. The summed E-state index contributed by atoms with van der Waals surface area (Å²) in [5, 5.41) is 9.00. The highest BCUT2D eigenvalue weighted by Crippen LogP contribution is 2.36. The van der Waals surface area contributed by atoms with Crippen LogP contribution in [-0.2, 0) is 11.0 Å². The molecule has 0 spiro atoms. The molecular weight excluding hydrogens is 228 g/mol. The van der Waals surface area contributed by atoms with E-state index in [0.29, 0.717) is 12.2 Å². The van der Waals surface area contributed by atoms with Crippen molar-refractivity contribution in [2.75, 3.05) is 0 Å². The van der Waals surface area contributed by atoms with Crippen LogP contribution in [0.15, 0.2) is 18.3 Å². The monoisotopic (exact) mass is 248 g/mol. The third kappa shape index (κ3) is 3.65. The maximum Gasteiger partial charge on any atom is 0.192 e. The standard InChI is InChI=1S/C13H20N2OSi/c1-13(2,3)17(4,5)16-10-12-8-11(9-14)6-7-15-12/h6-8H,10H2,1-5H3. The van der Waals surface area contributed by atoms with Gasteiger partial charge in [-0.1, -0.05) is 20.8 Å². The highest BCUT2D eigenvalue weighted by molar-refractivity contribution is 6.74. The molecule has 0 amide bonds. The second kappa shape index (κ2) is 4.99. The highest BCUT2D eigenvalue weighted by Gasteiger charge is 2.37. The summed E-state index contributed by atoms with van der Waals surface area (Å²) < 4.78 is 6.05. The van der Waals surface area contributed by atoms with Crippen LogP contribution in [0.4, 0.5) is 0 Å². The molecule has 0 saturated heterocycles. The van der Waals surface area contributed by atoms with Crippen LogP contribution in [0, 0.1) is 11.3 Å². The molecule has 3 nitrogen and oxygen atoms in total. The summed E-state index contributed by atoms with van der Waals surface area (Å²) in [4.78, 5) is 4.22. The summed E-state index contributed by atoms with van der Waals surface area (Å²) in [7, 11) is -1.74. The van der Waals surface area contributed by atoms with Crippen molar-refractivity contribution in [1.29, 1.82) is 5.26 Å². The van der Waals surface area contributed by atoms with Gasteiger partial charge in [0.15, 0.2) is 8.32 Å². The summed E-state index contributed by atoms with van der Waals surface area (Å²) in [6.45, 7) is 11.5. The SMILES string of the molecule is CC(C)(C)[Si](C)(C)OCc1cc(C#N)ccn1. The lowest BCUT2D eigenvalue weighted by atomic mass is 10.2. The lowest BCUT2D eigenvalue weighted by Gasteiger charge is -2.36. The van der Waals surface area contributed by atoms with Crippen molar-refractivity contribution in [2.45, 2.75) is 45.5 Å². The van der Waals surface area contributed by atoms with Crippen molar-refractivity contribution in [3.8, 4) is 6.07 Å². The number of nitrogens with zero attached hydrogens (tertiary/aromatic N) is 2. The Kier molecular flexibility index (Phi) is 4.07. The number of aromatic nitrogens is 1. The van der Waals surface area contributed by atoms with Crippen molar-refractivity contribution in [3.05, 3.63) is 29.6 Å². The van der Waals surface area contributed by atoms with Crippen molar-refractivity contribution < 1.29 is 4.43 Å². The van der Waals surface area contributed by atoms with Crippen LogP contribution in [0.5, 0.6) is 0 Å². The summed E-state index contributed by atoms with van der Waals surface area (Å²) in [6.07, 6.45) is 1.66. The second-order valence-electron chi connectivity index (χ2n) is 5.70. The molecule has 0 saturated carbocycles. The fourth-order valence-corrected chi connectivity index (χ4v) is 2.04. The van der Waals surface area contributed by atoms with Crippen LogP contribution < -0.4 is 0 Å². The Balaban J connectivity index is 2.71. The van der Waals surface area contributed by atoms with Gasteiger partial charge in [0.25, 0.3) is 0 Å². The van der Waals surface area contributed by atoms with Gasteiger partial charge in [-0.25, -0.2) is 0 Å². The third-order valence-corrected chi connectivity index (χ3v) is 7.81. The number of hydrogen-bond acceptors (Lipinski definition) is 3. The fourth-order valence-electron chi connectivity index (χ4n) is 1.10. The van der Waals surface area contributed by atoms with Gasteiger partial charge in [0.2, 0.25) is 0 Å². The molecule has 1 rings (SSSR count). The zero-order valence-corrected chi connectivity index (χ0v) is 12.2. The van der Waals surface area contributed by atoms with E-state index in [1.54, 1.807) is 18.3 Å². The van der Waals surface area contributed by atoms with Crippen LogP contribution in [0.2, 0.25) is 18.1 Å². The van der Waals surface area contributed by atoms with E-state index in [-0.39, 0.29) is 5.04 Å². The van der Waals surface area contributed by atoms with Gasteiger partial charge in [-0.2, -0.15) is 5.26 Å². The van der Waals surface area contributed by atoms with Gasteiger partial charge < -0.3 is 4.43 Å². The topological polar surface area (TPSA) is 45.9 Å². The predicted molar refractivity (Wildman–Crippen MR) is 70.9 cm³/mol. The lowest BCUT2D eigenvalue weighted by molar-refractivity contribution is 0.272. The first-order valence-corrected chi connectivity index (χ1v) is 8.66. The summed E-state index contributed by atoms with van der Waals surface area (Å²) >= 11 is 0. The van der Waals surface area contributed by atoms with Gasteiger partial charge in [0, 0.05) is 6.20 Å². The second-order valence-corrected chi connectivity index (χ2v) is 10.5. The van der Waals surface area contributed by atoms with Crippen molar-refractivity contribution in [3.63, 3.8) is 0 Å². The van der Waals surface area contributed by atoms with Gasteiger partial charge in [-0.3, -0.25) is 4.98 Å². The van der Waals surface area contributed by atoms with Crippen molar-refractivity contribution in [2.24, 2.45) is 0 Å². The molecule has 0 unspecified atom stereocenters. The van der Waals surface area contributed by atoms with Gasteiger partial charge in [-0.05, 0) is 30.3 Å². The Bertz CT molecular complexity index is 430. The van der Waals surface area contributed by atoms with Crippen LogP contribution >= 0.6 is 0 Å². The molecule has 0 N–H and O–H groups in total. The average molecular weight is 248 g/mol. The minimum Gasteiger partial charge on any atom is -0.411 e. The Hall–Kier alpha value is -1.18. The van der Waals surface area contributed by atoms with E-state index in [2.05, 4.69) is 44.9 Å². The predicted octanol–water partition coefficient (Wildman–Crippen LogP) is 3.48. The first kappa shape index (κ1) is 13.9. The van der Waals surface area contributed by atoms with E-state index >= 15 is 0 Å². The molecule has 4 heteroatoms. The van der Waals surface area contributed by atoms with Gasteiger partial charge >= 0.3 is 0 Å². The number of nitriles is 1. The quantitative estimate of drug-likeness (QED) is 0.769. The molecule has 1 aromatic rings. The molecule has 17 heavy (non-hydrogen) atoms. The van der Waals surface area contributed by atoms with E-state index in [0.717, 1.165) is 5.69 Å². The smallest absolute Gasteiger partial charge is 0.192 e. The largest absolute Gasteiger partial charge is 0.411 e. The normalized spacial score (nSPS) is 12.2. The maximum absolute atomic E-state index is 8.81. The molecular formula is C13H20N2OSi. The Morgan fingerprint density at radius 3 is 2.59 bits per heavy atom. The molecule has 0 bridgehead atoms. The zero-order chi connectivity index (χ0) is 13.1. The molecule has 1 heterocycles. The van der Waals surface area contributed by atoms with Crippen molar-refractivity contribution >= 4 is 8.32 Å². The molecule has 0 aliphatic rings. The van der Waals surface area contributed by atoms with Crippen LogP contribution in [0.25, 0.3) is 0 Å². The van der Waals surface area contributed by atoms with E-state index in [1.807, 2.05) is 0 Å². The van der Waals surface area contributed by atoms with E-state index in [1.165, 1.54) is 0 Å². The molecule has 92 valence electrons.